The number of hydrogen-bond acceptors (Lipinski definition) is 8. The molecule has 9 nitrogen and oxygen atoms in total. The van der Waals surface area contributed by atoms with Crippen molar-refractivity contribution in [3.63, 3.8) is 0 Å². The van der Waals surface area contributed by atoms with Crippen molar-refractivity contribution in [3.8, 4) is 6.07 Å². The van der Waals surface area contributed by atoms with Crippen molar-refractivity contribution in [3.05, 3.63) is 57.7 Å². The third-order valence-corrected chi connectivity index (χ3v) is 7.12. The minimum absolute atomic E-state index is 0.0791. The number of piperidine rings is 1. The van der Waals surface area contributed by atoms with E-state index in [4.69, 9.17) is 16.3 Å². The van der Waals surface area contributed by atoms with Gasteiger partial charge in [-0.25, -0.2) is 22.6 Å². The normalized spacial score (nSPS) is 14.3. The number of rotatable bonds is 8. The first-order valence-electron chi connectivity index (χ1n) is 10.9. The molecule has 0 spiro atoms. The lowest BCUT2D eigenvalue weighted by Gasteiger charge is -2.32. The number of sulfonamides is 1. The van der Waals surface area contributed by atoms with Gasteiger partial charge in [-0.1, -0.05) is 29.8 Å². The molecule has 1 fully saturated rings. The van der Waals surface area contributed by atoms with E-state index in [1.165, 1.54) is 6.07 Å². The number of anilines is 1. The van der Waals surface area contributed by atoms with Gasteiger partial charge in [0.15, 0.2) is 0 Å². The van der Waals surface area contributed by atoms with Gasteiger partial charge in [0, 0.05) is 24.0 Å². The summed E-state index contributed by atoms with van der Waals surface area (Å²) >= 11 is 6.02. The van der Waals surface area contributed by atoms with Crippen molar-refractivity contribution in [1.29, 1.82) is 5.26 Å². The first-order chi connectivity index (χ1) is 16.7. The summed E-state index contributed by atoms with van der Waals surface area (Å²) in [5.74, 6) is -2.17. The van der Waals surface area contributed by atoms with Crippen LogP contribution in [-0.4, -0.2) is 45.0 Å². The van der Waals surface area contributed by atoms with Crippen LogP contribution in [0, 0.1) is 17.2 Å². The molecule has 3 rings (SSSR count). The quantitative estimate of drug-likeness (QED) is 0.523. The van der Waals surface area contributed by atoms with Crippen LogP contribution in [0.15, 0.2) is 30.3 Å². The van der Waals surface area contributed by atoms with Crippen molar-refractivity contribution in [1.82, 2.24) is 9.71 Å². The highest BCUT2D eigenvalue weighted by molar-refractivity contribution is 7.89. The number of nitrogens with zero attached hydrogens (tertiary/aromatic N) is 3. The largest absolute Gasteiger partial charge is 0.462 e. The number of benzene rings is 1. The number of nitrogens with one attached hydrogen (secondary N) is 1. The number of nitriles is 1. The SMILES string of the molecule is CCOC(=O)c1cc(C#N)c(N2CCC(C(=O)NS(=O)(=O)Cc3ccccc3Cl)CC2)nc1CF. The van der Waals surface area contributed by atoms with E-state index in [-0.39, 0.29) is 42.3 Å². The minimum atomic E-state index is -3.95. The Morgan fingerprint density at radius 3 is 2.60 bits per heavy atom. The molecule has 0 atom stereocenters. The zero-order chi connectivity index (χ0) is 25.6. The smallest absolute Gasteiger partial charge is 0.340 e. The zero-order valence-electron chi connectivity index (χ0n) is 19.0. The minimum Gasteiger partial charge on any atom is -0.462 e. The fraction of sp³-hybridized carbons (Fsp3) is 0.391. The number of esters is 1. The Hall–Kier alpha value is -3.23. The number of alkyl halides is 1. The van der Waals surface area contributed by atoms with Crippen molar-refractivity contribution < 1.29 is 27.1 Å². The van der Waals surface area contributed by atoms with E-state index in [1.807, 2.05) is 6.07 Å². The van der Waals surface area contributed by atoms with Gasteiger partial charge in [0.1, 0.15) is 18.6 Å². The molecule has 1 amide bonds. The summed E-state index contributed by atoms with van der Waals surface area (Å²) in [5.41, 5.74) is 0.223. The highest BCUT2D eigenvalue weighted by Gasteiger charge is 2.30. The Kier molecular flexibility index (Phi) is 8.64. The summed E-state index contributed by atoms with van der Waals surface area (Å²) in [7, 11) is -3.95. The topological polar surface area (TPSA) is 129 Å². The number of pyridine rings is 1. The molecular formula is C23H24ClFN4O5S. The molecule has 186 valence electrons. The maximum absolute atomic E-state index is 13.6. The lowest BCUT2D eigenvalue weighted by molar-refractivity contribution is -0.123. The Balaban J connectivity index is 1.68. The molecule has 12 heteroatoms. The average Bonchev–Trinajstić information content (AvgIpc) is 2.84. The average molecular weight is 523 g/mol. The Morgan fingerprint density at radius 2 is 2.00 bits per heavy atom. The van der Waals surface area contributed by atoms with Gasteiger partial charge in [0.05, 0.1) is 29.2 Å². The molecule has 1 aliphatic rings. The first kappa shape index (κ1) is 26.4. The Bertz CT molecular complexity index is 1260. The van der Waals surface area contributed by atoms with Gasteiger partial charge in [0.25, 0.3) is 0 Å². The molecule has 2 heterocycles. The van der Waals surface area contributed by atoms with Crippen LogP contribution < -0.4 is 9.62 Å². The van der Waals surface area contributed by atoms with Crippen molar-refractivity contribution in [2.75, 3.05) is 24.6 Å². The Morgan fingerprint density at radius 1 is 1.31 bits per heavy atom. The monoisotopic (exact) mass is 522 g/mol. The van der Waals surface area contributed by atoms with Crippen LogP contribution in [0.3, 0.4) is 0 Å². The van der Waals surface area contributed by atoms with Crippen LogP contribution in [-0.2, 0) is 32.0 Å². The molecule has 35 heavy (non-hydrogen) atoms. The number of carbonyl (C=O) groups is 2. The van der Waals surface area contributed by atoms with Crippen LogP contribution in [0.25, 0.3) is 0 Å². The van der Waals surface area contributed by atoms with E-state index >= 15 is 0 Å². The van der Waals surface area contributed by atoms with E-state index in [0.717, 1.165) is 0 Å². The van der Waals surface area contributed by atoms with E-state index in [1.54, 1.807) is 36.1 Å². The van der Waals surface area contributed by atoms with Crippen LogP contribution >= 0.6 is 11.6 Å². The van der Waals surface area contributed by atoms with Crippen LogP contribution in [0.1, 0.15) is 46.9 Å². The summed E-state index contributed by atoms with van der Waals surface area (Å²) < 4.78 is 45.5. The standard InChI is InChI=1S/C23H24ClFN4O5S/c1-2-34-23(31)18-11-17(13-26)21(27-20(18)12-25)29-9-7-15(8-10-29)22(30)28-35(32,33)14-16-5-3-4-6-19(16)24/h3-6,11,15H,2,7-10,12,14H2,1H3,(H,28,30). The second kappa shape index (κ2) is 11.5. The highest BCUT2D eigenvalue weighted by Crippen LogP contribution is 2.27. The maximum atomic E-state index is 13.6. The molecule has 1 aromatic heterocycles. The Labute approximate surface area is 207 Å². The summed E-state index contributed by atoms with van der Waals surface area (Å²) in [6.45, 7) is 1.26. The third-order valence-electron chi connectivity index (χ3n) is 5.55. The molecule has 1 N–H and O–H groups in total. The van der Waals surface area contributed by atoms with Crippen LogP contribution in [0.2, 0.25) is 5.02 Å². The number of ether oxygens (including phenoxy) is 1. The summed E-state index contributed by atoms with van der Waals surface area (Å²) in [6, 6.07) is 9.71. The molecule has 0 bridgehead atoms. The van der Waals surface area contributed by atoms with Gasteiger partial charge in [-0.2, -0.15) is 5.26 Å². The van der Waals surface area contributed by atoms with Gasteiger partial charge in [-0.3, -0.25) is 9.52 Å². The van der Waals surface area contributed by atoms with E-state index in [2.05, 4.69) is 9.71 Å². The fourth-order valence-corrected chi connectivity index (χ4v) is 5.29. The van der Waals surface area contributed by atoms with Gasteiger partial charge >= 0.3 is 5.97 Å². The number of aromatic nitrogens is 1. The third kappa shape index (κ3) is 6.46. The van der Waals surface area contributed by atoms with Crippen molar-refractivity contribution in [2.45, 2.75) is 32.2 Å². The fourth-order valence-electron chi connectivity index (χ4n) is 3.80. The van der Waals surface area contributed by atoms with E-state index in [9.17, 15) is 27.7 Å². The predicted molar refractivity (Wildman–Crippen MR) is 127 cm³/mol. The van der Waals surface area contributed by atoms with Gasteiger partial charge in [-0.05, 0) is 37.5 Å². The van der Waals surface area contributed by atoms with Gasteiger partial charge in [0.2, 0.25) is 15.9 Å². The number of amides is 1. The summed E-state index contributed by atoms with van der Waals surface area (Å²) in [4.78, 5) is 30.6. The molecule has 0 aliphatic carbocycles. The lowest BCUT2D eigenvalue weighted by Crippen LogP contribution is -2.43. The first-order valence-corrected chi connectivity index (χ1v) is 12.9. The highest BCUT2D eigenvalue weighted by atomic mass is 35.5. The van der Waals surface area contributed by atoms with Crippen molar-refractivity contribution >= 4 is 39.3 Å². The maximum Gasteiger partial charge on any atom is 0.340 e. The van der Waals surface area contributed by atoms with Crippen molar-refractivity contribution in [2.24, 2.45) is 5.92 Å². The molecular weight excluding hydrogens is 499 g/mol. The summed E-state index contributed by atoms with van der Waals surface area (Å²) in [6.07, 6.45) is 0.592. The second-order valence-electron chi connectivity index (χ2n) is 7.90. The molecule has 0 radical (unpaired) electrons. The molecule has 0 unspecified atom stereocenters. The van der Waals surface area contributed by atoms with Crippen LogP contribution in [0.5, 0.6) is 0 Å². The number of halogens is 2. The molecule has 1 saturated heterocycles. The molecule has 1 aliphatic heterocycles. The molecule has 0 saturated carbocycles. The van der Waals surface area contributed by atoms with Gasteiger partial charge < -0.3 is 9.64 Å². The second-order valence-corrected chi connectivity index (χ2v) is 10.0. The number of carbonyl (C=O) groups excluding carboxylic acids is 2. The number of hydrogen-bond donors (Lipinski definition) is 1. The van der Waals surface area contributed by atoms with E-state index < -0.39 is 40.2 Å². The van der Waals surface area contributed by atoms with Crippen LogP contribution in [0.4, 0.5) is 10.2 Å². The zero-order valence-corrected chi connectivity index (χ0v) is 20.5. The molecule has 1 aromatic carbocycles. The molecule has 2 aromatic rings. The van der Waals surface area contributed by atoms with Gasteiger partial charge in [-0.15, -0.1) is 0 Å². The predicted octanol–water partition coefficient (Wildman–Crippen LogP) is 3.12. The summed E-state index contributed by atoms with van der Waals surface area (Å²) in [5, 5.41) is 9.85. The van der Waals surface area contributed by atoms with E-state index in [0.29, 0.717) is 23.4 Å². The lowest BCUT2D eigenvalue weighted by atomic mass is 9.96.